The molecule has 0 spiro atoms. The minimum absolute atomic E-state index is 0.166. The number of carbonyl (C=O) groups excluding carboxylic acids is 1. The van der Waals surface area contributed by atoms with E-state index in [4.69, 9.17) is 16.7 Å². The molecule has 18 heavy (non-hydrogen) atoms. The molecule has 6 nitrogen and oxygen atoms in total. The lowest BCUT2D eigenvalue weighted by atomic mass is 10.4. The lowest BCUT2D eigenvalue weighted by molar-refractivity contribution is 0.0701. The summed E-state index contributed by atoms with van der Waals surface area (Å²) in [6.07, 6.45) is 0. The van der Waals surface area contributed by atoms with Crippen LogP contribution >= 0.6 is 22.9 Å². The summed E-state index contributed by atoms with van der Waals surface area (Å²) < 4.78 is 0. The molecule has 0 saturated heterocycles. The first-order chi connectivity index (χ1) is 8.40. The van der Waals surface area contributed by atoms with Gasteiger partial charge in [-0.25, -0.2) is 14.6 Å². The van der Waals surface area contributed by atoms with Crippen LogP contribution in [0.25, 0.3) is 0 Å². The Morgan fingerprint density at radius 2 is 2.17 bits per heavy atom. The maximum absolute atomic E-state index is 11.3. The van der Waals surface area contributed by atoms with Gasteiger partial charge in [0.25, 0.3) is 0 Å². The van der Waals surface area contributed by atoms with Crippen LogP contribution in [-0.2, 0) is 6.54 Å². The maximum Gasteiger partial charge on any atom is 0.347 e. The molecule has 0 unspecified atom stereocenters. The normalized spacial score (nSPS) is 9.89. The minimum Gasteiger partial charge on any atom is -0.477 e. The van der Waals surface area contributed by atoms with Gasteiger partial charge in [0.05, 0.1) is 18.8 Å². The van der Waals surface area contributed by atoms with Gasteiger partial charge in [0.1, 0.15) is 9.88 Å². The number of urea groups is 1. The first-order valence-electron chi connectivity index (χ1n) is 4.94. The third kappa shape index (κ3) is 4.34. The molecule has 8 heteroatoms. The SMILES string of the molecule is C=C(Cl)CNC(=O)NCc1nc(C)c(C(=O)O)s1. The van der Waals surface area contributed by atoms with E-state index in [1.807, 2.05) is 0 Å². The molecular weight excluding hydrogens is 278 g/mol. The van der Waals surface area contributed by atoms with Crippen molar-refractivity contribution in [1.82, 2.24) is 15.6 Å². The van der Waals surface area contributed by atoms with E-state index >= 15 is 0 Å². The zero-order chi connectivity index (χ0) is 13.7. The van der Waals surface area contributed by atoms with E-state index in [0.29, 0.717) is 15.7 Å². The fraction of sp³-hybridized carbons (Fsp3) is 0.300. The second-order valence-corrected chi connectivity index (χ2v) is 5.00. The van der Waals surface area contributed by atoms with Gasteiger partial charge < -0.3 is 15.7 Å². The van der Waals surface area contributed by atoms with E-state index in [0.717, 1.165) is 11.3 Å². The van der Waals surface area contributed by atoms with Crippen molar-refractivity contribution in [3.8, 4) is 0 Å². The number of rotatable bonds is 5. The van der Waals surface area contributed by atoms with Gasteiger partial charge >= 0.3 is 12.0 Å². The van der Waals surface area contributed by atoms with Gasteiger partial charge in [-0.05, 0) is 6.92 Å². The van der Waals surface area contributed by atoms with Gasteiger partial charge in [0.2, 0.25) is 0 Å². The molecule has 98 valence electrons. The lowest BCUT2D eigenvalue weighted by Gasteiger charge is -2.04. The van der Waals surface area contributed by atoms with Crippen LogP contribution in [0.4, 0.5) is 4.79 Å². The van der Waals surface area contributed by atoms with Crippen LogP contribution < -0.4 is 10.6 Å². The highest BCUT2D eigenvalue weighted by Gasteiger charge is 2.14. The number of nitrogens with zero attached hydrogens (tertiary/aromatic N) is 1. The molecule has 1 aromatic rings. The Balaban J connectivity index is 2.48. The summed E-state index contributed by atoms with van der Waals surface area (Å²) in [5.41, 5.74) is 0.443. The minimum atomic E-state index is -1.01. The standard InChI is InChI=1S/C10H12ClN3O3S/c1-5(11)3-12-10(17)13-4-7-14-6(2)8(18-7)9(15)16/h1,3-4H2,2H3,(H,15,16)(H2,12,13,17). The number of aromatic carboxylic acids is 1. The monoisotopic (exact) mass is 289 g/mol. The number of carboxylic acid groups (broad SMARTS) is 1. The molecule has 3 N–H and O–H groups in total. The number of aryl methyl sites for hydroxylation is 1. The zero-order valence-electron chi connectivity index (χ0n) is 9.62. The Kier molecular flexibility index (Phi) is 5.11. The Labute approximate surface area is 113 Å². The number of nitrogens with one attached hydrogen (secondary N) is 2. The molecular formula is C10H12ClN3O3S. The van der Waals surface area contributed by atoms with Crippen molar-refractivity contribution >= 4 is 34.9 Å². The highest BCUT2D eigenvalue weighted by atomic mass is 35.5. The lowest BCUT2D eigenvalue weighted by Crippen LogP contribution is -2.35. The molecule has 0 radical (unpaired) electrons. The van der Waals surface area contributed by atoms with Crippen LogP contribution in [0.1, 0.15) is 20.4 Å². The van der Waals surface area contributed by atoms with E-state index in [2.05, 4.69) is 22.2 Å². The number of hydrogen-bond donors (Lipinski definition) is 3. The molecule has 1 rings (SSSR count). The molecule has 0 aliphatic heterocycles. The van der Waals surface area contributed by atoms with Gasteiger partial charge in [0.15, 0.2) is 0 Å². The molecule has 0 fully saturated rings. The summed E-state index contributed by atoms with van der Waals surface area (Å²) in [6.45, 7) is 5.38. The fourth-order valence-electron chi connectivity index (χ4n) is 1.12. The molecule has 0 aliphatic rings. The van der Waals surface area contributed by atoms with Crippen molar-refractivity contribution in [2.24, 2.45) is 0 Å². The number of hydrogen-bond acceptors (Lipinski definition) is 4. The van der Waals surface area contributed by atoms with Crippen LogP contribution in [0.2, 0.25) is 0 Å². The van der Waals surface area contributed by atoms with Gasteiger partial charge in [0, 0.05) is 5.03 Å². The van der Waals surface area contributed by atoms with E-state index in [-0.39, 0.29) is 18.0 Å². The van der Waals surface area contributed by atoms with Gasteiger partial charge in [-0.3, -0.25) is 0 Å². The van der Waals surface area contributed by atoms with Crippen molar-refractivity contribution in [2.75, 3.05) is 6.54 Å². The average Bonchev–Trinajstić information content (AvgIpc) is 2.65. The van der Waals surface area contributed by atoms with Crippen molar-refractivity contribution in [3.63, 3.8) is 0 Å². The fourth-order valence-corrected chi connectivity index (χ4v) is 2.03. The smallest absolute Gasteiger partial charge is 0.347 e. The highest BCUT2D eigenvalue weighted by Crippen LogP contribution is 2.17. The number of carboxylic acids is 1. The van der Waals surface area contributed by atoms with Gasteiger partial charge in [-0.1, -0.05) is 18.2 Å². The largest absolute Gasteiger partial charge is 0.477 e. The first-order valence-corrected chi connectivity index (χ1v) is 6.14. The summed E-state index contributed by atoms with van der Waals surface area (Å²) in [5, 5.41) is 14.7. The predicted molar refractivity (Wildman–Crippen MR) is 69.0 cm³/mol. The van der Waals surface area contributed by atoms with E-state index < -0.39 is 12.0 Å². The Morgan fingerprint density at radius 3 is 2.67 bits per heavy atom. The average molecular weight is 290 g/mol. The summed E-state index contributed by atoms with van der Waals surface area (Å²) >= 11 is 6.52. The van der Waals surface area contributed by atoms with E-state index in [1.165, 1.54) is 0 Å². The summed E-state index contributed by atoms with van der Waals surface area (Å²) in [6, 6.07) is -0.415. The molecule has 0 aliphatic carbocycles. The Morgan fingerprint density at radius 1 is 1.50 bits per heavy atom. The van der Waals surface area contributed by atoms with Crippen LogP contribution in [0.3, 0.4) is 0 Å². The second kappa shape index (κ2) is 6.36. The molecule has 0 bridgehead atoms. The summed E-state index contributed by atoms with van der Waals surface area (Å²) in [5.74, 6) is -1.01. The Hall–Kier alpha value is -1.60. The third-order valence-corrected chi connectivity index (χ3v) is 3.16. The predicted octanol–water partition coefficient (Wildman–Crippen LogP) is 1.70. The van der Waals surface area contributed by atoms with Gasteiger partial charge in [-0.2, -0.15) is 0 Å². The van der Waals surface area contributed by atoms with Crippen molar-refractivity contribution < 1.29 is 14.7 Å². The van der Waals surface area contributed by atoms with Crippen LogP contribution in [0.5, 0.6) is 0 Å². The zero-order valence-corrected chi connectivity index (χ0v) is 11.2. The van der Waals surface area contributed by atoms with Crippen molar-refractivity contribution in [3.05, 3.63) is 27.2 Å². The van der Waals surface area contributed by atoms with Crippen LogP contribution in [-0.4, -0.2) is 28.6 Å². The molecule has 0 aromatic carbocycles. The first kappa shape index (κ1) is 14.5. The van der Waals surface area contributed by atoms with Crippen LogP contribution in [0, 0.1) is 6.92 Å². The van der Waals surface area contributed by atoms with E-state index in [1.54, 1.807) is 6.92 Å². The highest BCUT2D eigenvalue weighted by molar-refractivity contribution is 7.13. The van der Waals surface area contributed by atoms with Crippen molar-refractivity contribution in [2.45, 2.75) is 13.5 Å². The van der Waals surface area contributed by atoms with E-state index in [9.17, 15) is 9.59 Å². The van der Waals surface area contributed by atoms with Crippen LogP contribution in [0.15, 0.2) is 11.6 Å². The number of amides is 2. The molecule has 0 saturated carbocycles. The molecule has 1 aromatic heterocycles. The summed E-state index contributed by atoms with van der Waals surface area (Å²) in [7, 11) is 0. The number of thiazole rings is 1. The Bertz CT molecular complexity index is 487. The number of halogens is 1. The maximum atomic E-state index is 11.3. The van der Waals surface area contributed by atoms with Gasteiger partial charge in [-0.15, -0.1) is 11.3 Å². The van der Waals surface area contributed by atoms with Crippen molar-refractivity contribution in [1.29, 1.82) is 0 Å². The molecule has 0 atom stereocenters. The third-order valence-electron chi connectivity index (χ3n) is 1.88. The molecule has 2 amide bonds. The number of aromatic nitrogens is 1. The second-order valence-electron chi connectivity index (χ2n) is 3.38. The number of carbonyl (C=O) groups is 2. The topological polar surface area (TPSA) is 91.3 Å². The summed E-state index contributed by atoms with van der Waals surface area (Å²) in [4.78, 5) is 26.3. The quantitative estimate of drug-likeness (QED) is 0.769. The molecule has 1 heterocycles.